The number of carbonyl (C=O) groups is 1. The molecule has 0 bridgehead atoms. The first-order valence-corrected chi connectivity index (χ1v) is 3.75. The summed E-state index contributed by atoms with van der Waals surface area (Å²) >= 11 is 0. The molecule has 4 N–H and O–H groups in total. The Labute approximate surface area is 88.0 Å². The molecule has 0 spiro atoms. The summed E-state index contributed by atoms with van der Waals surface area (Å²) in [6.45, 7) is 0.362. The largest absolute Gasteiger partial charge is 0.350 e. The van der Waals surface area contributed by atoms with Crippen molar-refractivity contribution in [2.75, 3.05) is 0 Å². The molecule has 0 aliphatic heterocycles. The van der Waals surface area contributed by atoms with Crippen LogP contribution in [0, 0.1) is 0 Å². The summed E-state index contributed by atoms with van der Waals surface area (Å²) < 4.78 is 0. The standard InChI is InChI=1S/C8H11N3O2.ClH/c9-8(12)10-11-13-6-7-4-2-1-3-5-7;/h1-5,11H,6H2,(H3,9,10,12);1H. The number of hydrazine groups is 1. The Kier molecular flexibility index (Phi) is 6.47. The van der Waals surface area contributed by atoms with E-state index in [-0.39, 0.29) is 12.4 Å². The normalized spacial score (nSPS) is 8.86. The zero-order chi connectivity index (χ0) is 9.52. The predicted octanol–water partition coefficient (Wildman–Crippen LogP) is 0.713. The molecule has 1 aromatic carbocycles. The molecule has 2 amide bonds. The van der Waals surface area contributed by atoms with Gasteiger partial charge in [-0.05, 0) is 5.56 Å². The molecule has 14 heavy (non-hydrogen) atoms. The van der Waals surface area contributed by atoms with E-state index in [1.54, 1.807) is 0 Å². The molecule has 6 heteroatoms. The Morgan fingerprint density at radius 1 is 1.36 bits per heavy atom. The average Bonchev–Trinajstić information content (AvgIpc) is 2.14. The Bertz CT molecular complexity index is 269. The Morgan fingerprint density at radius 2 is 2.00 bits per heavy atom. The van der Waals surface area contributed by atoms with Gasteiger partial charge in [-0.3, -0.25) is 10.3 Å². The van der Waals surface area contributed by atoms with Gasteiger partial charge in [-0.15, -0.1) is 18.0 Å². The lowest BCUT2D eigenvalue weighted by Gasteiger charge is -2.04. The first-order chi connectivity index (χ1) is 6.29. The van der Waals surface area contributed by atoms with Gasteiger partial charge >= 0.3 is 6.03 Å². The van der Waals surface area contributed by atoms with Gasteiger partial charge in [0.25, 0.3) is 0 Å². The van der Waals surface area contributed by atoms with Crippen molar-refractivity contribution in [3.63, 3.8) is 0 Å². The van der Waals surface area contributed by atoms with Crippen LogP contribution in [-0.4, -0.2) is 6.03 Å². The highest BCUT2D eigenvalue weighted by Gasteiger charge is 1.91. The molecule has 0 saturated heterocycles. The minimum Gasteiger partial charge on any atom is -0.350 e. The second-order valence-corrected chi connectivity index (χ2v) is 2.37. The van der Waals surface area contributed by atoms with Crippen LogP contribution in [0.2, 0.25) is 0 Å². The number of carbonyl (C=O) groups excluding carboxylic acids is 1. The topological polar surface area (TPSA) is 76.4 Å². The lowest BCUT2D eigenvalue weighted by Crippen LogP contribution is -2.40. The molecule has 1 aromatic rings. The lowest BCUT2D eigenvalue weighted by atomic mass is 10.2. The summed E-state index contributed by atoms with van der Waals surface area (Å²) in [5.74, 6) is 0. The van der Waals surface area contributed by atoms with E-state index in [0.717, 1.165) is 5.56 Å². The van der Waals surface area contributed by atoms with Gasteiger partial charge in [-0.1, -0.05) is 30.3 Å². The second-order valence-electron chi connectivity index (χ2n) is 2.37. The van der Waals surface area contributed by atoms with E-state index in [1.165, 1.54) is 0 Å². The van der Waals surface area contributed by atoms with Crippen molar-refractivity contribution in [3.8, 4) is 0 Å². The van der Waals surface area contributed by atoms with E-state index in [2.05, 4.69) is 11.0 Å². The molecular formula is C8H12ClN3O2. The molecule has 0 fully saturated rings. The Balaban J connectivity index is 0.00000169. The van der Waals surface area contributed by atoms with Gasteiger partial charge in [-0.25, -0.2) is 4.79 Å². The van der Waals surface area contributed by atoms with Crippen molar-refractivity contribution in [1.82, 2.24) is 11.0 Å². The summed E-state index contributed by atoms with van der Waals surface area (Å²) in [5, 5.41) is 0. The number of benzene rings is 1. The zero-order valence-corrected chi connectivity index (χ0v) is 8.21. The van der Waals surface area contributed by atoms with Crippen molar-refractivity contribution in [2.45, 2.75) is 6.61 Å². The second kappa shape index (κ2) is 7.14. The van der Waals surface area contributed by atoms with Crippen LogP contribution in [0.1, 0.15) is 5.56 Å². The van der Waals surface area contributed by atoms with E-state index in [0.29, 0.717) is 6.61 Å². The smallest absolute Gasteiger partial charge is 0.328 e. The maximum atomic E-state index is 10.2. The van der Waals surface area contributed by atoms with Crippen LogP contribution < -0.4 is 16.7 Å². The first-order valence-electron chi connectivity index (χ1n) is 3.75. The van der Waals surface area contributed by atoms with E-state index < -0.39 is 6.03 Å². The highest BCUT2D eigenvalue weighted by atomic mass is 35.5. The third kappa shape index (κ3) is 5.36. The number of nitrogens with one attached hydrogen (secondary N) is 2. The summed E-state index contributed by atoms with van der Waals surface area (Å²) in [7, 11) is 0. The van der Waals surface area contributed by atoms with Crippen LogP contribution in [0.15, 0.2) is 30.3 Å². The van der Waals surface area contributed by atoms with E-state index in [9.17, 15) is 4.79 Å². The highest BCUT2D eigenvalue weighted by Crippen LogP contribution is 1.98. The Hall–Kier alpha value is -1.30. The number of halogens is 1. The van der Waals surface area contributed by atoms with Crippen molar-refractivity contribution in [1.29, 1.82) is 0 Å². The highest BCUT2D eigenvalue weighted by molar-refractivity contribution is 5.85. The fraction of sp³-hybridized carbons (Fsp3) is 0.125. The summed E-state index contributed by atoms with van der Waals surface area (Å²) in [6, 6.07) is 8.85. The SMILES string of the molecule is Cl.NC(=O)NNOCc1ccccc1. The van der Waals surface area contributed by atoms with Crippen LogP contribution in [0.5, 0.6) is 0 Å². The maximum Gasteiger partial charge on any atom is 0.328 e. The number of urea groups is 1. The van der Waals surface area contributed by atoms with Crippen molar-refractivity contribution < 1.29 is 9.63 Å². The zero-order valence-electron chi connectivity index (χ0n) is 7.40. The van der Waals surface area contributed by atoms with Gasteiger partial charge in [0, 0.05) is 0 Å². The van der Waals surface area contributed by atoms with Gasteiger partial charge in [0.05, 0.1) is 6.61 Å². The lowest BCUT2D eigenvalue weighted by molar-refractivity contribution is 0.00761. The third-order valence-electron chi connectivity index (χ3n) is 1.33. The molecule has 0 aliphatic carbocycles. The maximum absolute atomic E-state index is 10.2. The summed E-state index contributed by atoms with van der Waals surface area (Å²) in [6.07, 6.45) is 0. The third-order valence-corrected chi connectivity index (χ3v) is 1.33. The predicted molar refractivity (Wildman–Crippen MR) is 54.3 cm³/mol. The Morgan fingerprint density at radius 3 is 2.57 bits per heavy atom. The van der Waals surface area contributed by atoms with E-state index in [4.69, 9.17) is 10.6 Å². The number of primary amides is 1. The molecule has 0 unspecified atom stereocenters. The molecule has 0 saturated carbocycles. The monoisotopic (exact) mass is 217 g/mol. The minimum absolute atomic E-state index is 0. The first kappa shape index (κ1) is 12.7. The molecule has 0 heterocycles. The molecular weight excluding hydrogens is 206 g/mol. The van der Waals surface area contributed by atoms with Crippen LogP contribution in [-0.2, 0) is 11.4 Å². The number of nitrogens with two attached hydrogens (primary N) is 1. The van der Waals surface area contributed by atoms with Crippen LogP contribution in [0.3, 0.4) is 0 Å². The molecule has 1 rings (SSSR count). The minimum atomic E-state index is -0.687. The van der Waals surface area contributed by atoms with E-state index in [1.807, 2.05) is 30.3 Å². The number of amides is 2. The summed E-state index contributed by atoms with van der Waals surface area (Å²) in [5.41, 5.74) is 10.1. The quantitative estimate of drug-likeness (QED) is 0.514. The fourth-order valence-electron chi connectivity index (χ4n) is 0.780. The van der Waals surface area contributed by atoms with Gasteiger partial charge in [0.1, 0.15) is 0 Å². The van der Waals surface area contributed by atoms with Crippen LogP contribution >= 0.6 is 12.4 Å². The number of rotatable bonds is 4. The van der Waals surface area contributed by atoms with Crippen LogP contribution in [0.25, 0.3) is 0 Å². The van der Waals surface area contributed by atoms with Crippen LogP contribution in [0.4, 0.5) is 4.79 Å². The van der Waals surface area contributed by atoms with Gasteiger partial charge in [0.15, 0.2) is 0 Å². The summed E-state index contributed by atoms with van der Waals surface area (Å²) in [4.78, 5) is 15.0. The molecule has 0 aliphatic rings. The van der Waals surface area contributed by atoms with Crippen molar-refractivity contribution >= 4 is 18.4 Å². The molecule has 5 nitrogen and oxygen atoms in total. The molecule has 0 aromatic heterocycles. The van der Waals surface area contributed by atoms with Crippen molar-refractivity contribution in [2.24, 2.45) is 5.73 Å². The van der Waals surface area contributed by atoms with Crippen molar-refractivity contribution in [3.05, 3.63) is 35.9 Å². The molecule has 0 atom stereocenters. The molecule has 0 radical (unpaired) electrons. The van der Waals surface area contributed by atoms with Gasteiger partial charge in [-0.2, -0.15) is 0 Å². The van der Waals surface area contributed by atoms with Gasteiger partial charge < -0.3 is 5.73 Å². The molecule has 78 valence electrons. The van der Waals surface area contributed by atoms with Gasteiger partial charge in [0.2, 0.25) is 0 Å². The number of hydrogen-bond donors (Lipinski definition) is 3. The fourth-order valence-corrected chi connectivity index (χ4v) is 0.780. The average molecular weight is 218 g/mol. The number of hydrogen-bond acceptors (Lipinski definition) is 3. The van der Waals surface area contributed by atoms with E-state index >= 15 is 0 Å².